The van der Waals surface area contributed by atoms with Gasteiger partial charge in [-0.15, -0.1) is 0 Å². The van der Waals surface area contributed by atoms with Gasteiger partial charge in [0.05, 0.1) is 18.8 Å². The first-order valence-corrected chi connectivity index (χ1v) is 26.6. The lowest BCUT2D eigenvalue weighted by Crippen LogP contribution is -2.64. The van der Waals surface area contributed by atoms with E-state index in [9.17, 15) is 44.6 Å². The van der Waals surface area contributed by atoms with Gasteiger partial charge in [0.1, 0.15) is 43.2 Å². The maximum Gasteiger partial charge on any atom is 0.472 e. The molecule has 1 saturated carbocycles. The molecule has 1 heterocycles. The summed E-state index contributed by atoms with van der Waals surface area (Å²) < 4.78 is 39.4. The summed E-state index contributed by atoms with van der Waals surface area (Å²) in [6, 6.07) is 0. The highest BCUT2D eigenvalue weighted by atomic mass is 31.2. The third-order valence-corrected chi connectivity index (χ3v) is 12.8. The number of ether oxygens (including phenoxy) is 3. The summed E-state index contributed by atoms with van der Waals surface area (Å²) in [4.78, 5) is 35.8. The first-order valence-electron chi connectivity index (χ1n) is 25.1. The Hall–Kier alpha value is -2.23. The molecule has 0 bridgehead atoms. The molecule has 15 heteroatoms. The molecular weight excluding hydrogens is 856 g/mol. The van der Waals surface area contributed by atoms with Crippen molar-refractivity contribution in [3.8, 4) is 0 Å². The van der Waals surface area contributed by atoms with Crippen molar-refractivity contribution >= 4 is 19.8 Å². The number of carbonyl (C=O) groups is 2. The van der Waals surface area contributed by atoms with Crippen molar-refractivity contribution in [1.82, 2.24) is 0 Å². The first-order chi connectivity index (χ1) is 31.4. The fraction of sp³-hybridized carbons (Fsp3) is 0.800. The molecule has 0 spiro atoms. The molecule has 2 rings (SSSR count). The molecule has 1 aliphatic heterocycles. The van der Waals surface area contributed by atoms with Crippen LogP contribution in [0, 0.1) is 0 Å². The topological polar surface area (TPSA) is 222 Å². The smallest absolute Gasteiger partial charge is 0.462 e. The molecule has 0 radical (unpaired) electrons. The lowest BCUT2D eigenvalue weighted by atomic mass is 9.85. The van der Waals surface area contributed by atoms with E-state index < -0.39 is 75.7 Å². The zero-order valence-corrected chi connectivity index (χ0v) is 40.6. The van der Waals surface area contributed by atoms with Crippen LogP contribution in [0.1, 0.15) is 187 Å². The molecule has 2 fully saturated rings. The largest absolute Gasteiger partial charge is 0.472 e. The standard InChI is InChI=1S/C50H87O14P/c1-3-5-7-9-11-12-13-14-15-16-17-18-19-20-21-22-23-24-28-33-37-44(52)62-40(39-61-65(58,59)64-50-48(56)46(54)45(53)47(55)49(50)57)38-60-43(51)36-32-29-25-27-31-35-42-41(63-42)34-30-26-10-8-6-4-2/h12-13,15-16,18-19,26,30,40-42,45-50,53-57H,3-11,14,17,20-25,27-29,31-39H2,1-2H3,(H,58,59)/b13-12-,16-15-,19-18-,30-26-/t40-,41?,42?,45?,46-,47+,48-,49-,50?/m1/s1. The zero-order chi connectivity index (χ0) is 47.5. The number of phosphoric ester groups is 1. The van der Waals surface area contributed by atoms with Gasteiger partial charge in [0.25, 0.3) is 0 Å². The summed E-state index contributed by atoms with van der Waals surface area (Å²) in [5.74, 6) is -1.14. The van der Waals surface area contributed by atoms with Gasteiger partial charge in [-0.3, -0.25) is 18.6 Å². The summed E-state index contributed by atoms with van der Waals surface area (Å²) in [5, 5.41) is 50.3. The third kappa shape index (κ3) is 28.6. The lowest BCUT2D eigenvalue weighted by Gasteiger charge is -2.41. The number of allylic oxidation sites excluding steroid dienone is 7. The highest BCUT2D eigenvalue weighted by Gasteiger charge is 2.51. The van der Waals surface area contributed by atoms with Crippen molar-refractivity contribution in [3.63, 3.8) is 0 Å². The predicted octanol–water partition coefficient (Wildman–Crippen LogP) is 9.33. The van der Waals surface area contributed by atoms with Crippen molar-refractivity contribution in [3.05, 3.63) is 48.6 Å². The third-order valence-electron chi connectivity index (χ3n) is 11.8. The summed E-state index contributed by atoms with van der Waals surface area (Å²) in [6.45, 7) is 3.23. The normalized spacial score (nSPS) is 24.9. The van der Waals surface area contributed by atoms with E-state index in [-0.39, 0.29) is 12.8 Å². The van der Waals surface area contributed by atoms with Crippen molar-refractivity contribution < 1.29 is 67.8 Å². The molecule has 6 N–H and O–H groups in total. The number of aliphatic hydroxyl groups excluding tert-OH is 5. The van der Waals surface area contributed by atoms with Crippen molar-refractivity contribution in [1.29, 1.82) is 0 Å². The molecule has 376 valence electrons. The molecule has 1 aliphatic carbocycles. The van der Waals surface area contributed by atoms with Gasteiger partial charge in [0, 0.05) is 12.8 Å². The van der Waals surface area contributed by atoms with E-state index in [0.29, 0.717) is 25.0 Å². The maximum atomic E-state index is 12.8. The van der Waals surface area contributed by atoms with Crippen LogP contribution in [0.2, 0.25) is 0 Å². The minimum Gasteiger partial charge on any atom is -0.462 e. The minimum absolute atomic E-state index is 0.0744. The molecule has 1 saturated heterocycles. The van der Waals surface area contributed by atoms with Gasteiger partial charge in [0.2, 0.25) is 0 Å². The Kier molecular flexibility index (Phi) is 33.3. The predicted molar refractivity (Wildman–Crippen MR) is 253 cm³/mol. The van der Waals surface area contributed by atoms with Gasteiger partial charge in [-0.2, -0.15) is 0 Å². The summed E-state index contributed by atoms with van der Waals surface area (Å²) >= 11 is 0. The molecule has 2 aliphatic rings. The number of esters is 2. The van der Waals surface area contributed by atoms with Crippen molar-refractivity contribution in [2.75, 3.05) is 13.2 Å². The van der Waals surface area contributed by atoms with E-state index in [2.05, 4.69) is 62.5 Å². The van der Waals surface area contributed by atoms with Gasteiger partial charge in [-0.05, 0) is 77.0 Å². The van der Waals surface area contributed by atoms with E-state index in [4.69, 9.17) is 23.3 Å². The Balaban J connectivity index is 1.69. The number of hydrogen-bond acceptors (Lipinski definition) is 13. The van der Waals surface area contributed by atoms with Gasteiger partial charge >= 0.3 is 19.8 Å². The van der Waals surface area contributed by atoms with Crippen LogP contribution in [-0.2, 0) is 37.4 Å². The van der Waals surface area contributed by atoms with Crippen LogP contribution in [-0.4, -0.2) is 111 Å². The van der Waals surface area contributed by atoms with Crippen LogP contribution in [0.5, 0.6) is 0 Å². The number of phosphoric acid groups is 1. The number of hydrogen-bond donors (Lipinski definition) is 6. The molecule has 5 unspecified atom stereocenters. The number of rotatable bonds is 40. The van der Waals surface area contributed by atoms with Crippen molar-refractivity contribution in [2.24, 2.45) is 0 Å². The second kappa shape index (κ2) is 36.8. The van der Waals surface area contributed by atoms with Crippen LogP contribution < -0.4 is 0 Å². The Labute approximate surface area is 390 Å². The monoisotopic (exact) mass is 943 g/mol. The van der Waals surface area contributed by atoms with Crippen LogP contribution in [0.4, 0.5) is 0 Å². The fourth-order valence-corrected chi connectivity index (χ4v) is 8.63. The van der Waals surface area contributed by atoms with E-state index in [1.165, 1.54) is 51.4 Å². The number of aliphatic hydroxyl groups is 5. The summed E-state index contributed by atoms with van der Waals surface area (Å²) in [5.41, 5.74) is 0. The van der Waals surface area contributed by atoms with Crippen LogP contribution >= 0.6 is 7.82 Å². The van der Waals surface area contributed by atoms with E-state index in [1.807, 2.05) is 0 Å². The molecule has 0 aromatic rings. The molecule has 0 aromatic heterocycles. The Bertz CT molecular complexity index is 1390. The molecule has 0 amide bonds. The van der Waals surface area contributed by atoms with E-state index >= 15 is 0 Å². The quantitative estimate of drug-likeness (QED) is 0.0111. The molecule has 10 atom stereocenters. The molecule has 0 aromatic carbocycles. The maximum absolute atomic E-state index is 12.8. The zero-order valence-electron chi connectivity index (χ0n) is 39.7. The van der Waals surface area contributed by atoms with Gasteiger partial charge in [-0.1, -0.05) is 146 Å². The average Bonchev–Trinajstić information content (AvgIpc) is 4.05. The number of epoxide rings is 1. The van der Waals surface area contributed by atoms with Crippen LogP contribution in [0.25, 0.3) is 0 Å². The Morgan fingerprint density at radius 3 is 1.62 bits per heavy atom. The molecule has 14 nitrogen and oxygen atoms in total. The number of unbranched alkanes of at least 4 members (excludes halogenated alkanes) is 17. The highest BCUT2D eigenvalue weighted by molar-refractivity contribution is 7.47. The van der Waals surface area contributed by atoms with Crippen molar-refractivity contribution in [2.45, 2.75) is 242 Å². The Morgan fingerprint density at radius 1 is 0.554 bits per heavy atom. The Morgan fingerprint density at radius 2 is 1.02 bits per heavy atom. The van der Waals surface area contributed by atoms with E-state index in [0.717, 1.165) is 96.3 Å². The highest BCUT2D eigenvalue weighted by Crippen LogP contribution is 2.47. The number of carbonyl (C=O) groups excluding carboxylic acids is 2. The summed E-state index contributed by atoms with van der Waals surface area (Å²) in [6.07, 6.45) is 31.7. The summed E-state index contributed by atoms with van der Waals surface area (Å²) in [7, 11) is -5.13. The van der Waals surface area contributed by atoms with Gasteiger partial charge in [0.15, 0.2) is 6.10 Å². The van der Waals surface area contributed by atoms with Crippen LogP contribution in [0.15, 0.2) is 48.6 Å². The minimum atomic E-state index is -5.13. The lowest BCUT2D eigenvalue weighted by molar-refractivity contribution is -0.220. The molecule has 65 heavy (non-hydrogen) atoms. The van der Waals surface area contributed by atoms with Gasteiger partial charge in [-0.25, -0.2) is 4.57 Å². The first kappa shape index (κ1) is 58.9. The second-order valence-electron chi connectivity index (χ2n) is 17.7. The molecular formula is C50H87O14P. The van der Waals surface area contributed by atoms with Gasteiger partial charge < -0.3 is 44.6 Å². The SMILES string of the molecule is CCCCC/C=C\CC1OC1CCCCCCCC(=O)OC[C@H](COP(=O)(O)OC1[C@H](O)[C@H](O)C(O)[C@H](O)[C@H]1O)OC(=O)CCCCCCCC/C=C\C/C=C\C/C=C\CCCCCC. The van der Waals surface area contributed by atoms with E-state index in [1.54, 1.807) is 0 Å². The second-order valence-corrected chi connectivity index (χ2v) is 19.1. The average molecular weight is 943 g/mol. The fourth-order valence-electron chi connectivity index (χ4n) is 7.65. The van der Waals surface area contributed by atoms with Crippen LogP contribution in [0.3, 0.4) is 0 Å².